The van der Waals surface area contributed by atoms with Crippen molar-refractivity contribution in [3.05, 3.63) is 54.6 Å². The Morgan fingerprint density at radius 2 is 1.65 bits per heavy atom. The number of carbonyl (C=O) groups excluding carboxylic acids is 2. The van der Waals surface area contributed by atoms with Gasteiger partial charge in [-0.1, -0.05) is 53.0 Å². The molecule has 138 valence electrons. The summed E-state index contributed by atoms with van der Waals surface area (Å²) in [7, 11) is 1.33. The lowest BCUT2D eigenvalue weighted by Gasteiger charge is -2.31. The second kappa shape index (κ2) is 8.98. The minimum absolute atomic E-state index is 0.103. The molecule has 1 N–H and O–H groups in total. The maximum absolute atomic E-state index is 12.3. The van der Waals surface area contributed by atoms with Crippen LogP contribution in [0.5, 0.6) is 11.5 Å². The molecule has 2 amide bonds. The molecule has 1 atom stereocenters. The van der Waals surface area contributed by atoms with Gasteiger partial charge in [-0.3, -0.25) is 9.69 Å². The number of ether oxygens (including phenoxy) is 2. The Kier molecular flexibility index (Phi) is 6.97. The average Bonchev–Trinajstić information content (AvgIpc) is 2.60. The van der Waals surface area contributed by atoms with E-state index in [4.69, 9.17) is 39.5 Å². The Bertz CT molecular complexity index is 736. The van der Waals surface area contributed by atoms with Crippen LogP contribution in [0.4, 0.5) is 10.5 Å². The zero-order valence-electron chi connectivity index (χ0n) is 13.6. The summed E-state index contributed by atoms with van der Waals surface area (Å²) in [6, 6.07) is 15.3. The fourth-order valence-corrected chi connectivity index (χ4v) is 2.58. The van der Waals surface area contributed by atoms with Crippen LogP contribution < -0.4 is 10.1 Å². The maximum atomic E-state index is 12.3. The number of nitrogens with zero attached hydrogens (tertiary/aromatic N) is 1. The highest BCUT2D eigenvalue weighted by Gasteiger charge is 2.40. The topological polar surface area (TPSA) is 67.9 Å². The van der Waals surface area contributed by atoms with Gasteiger partial charge in [-0.2, -0.15) is 0 Å². The molecular weight excluding hydrogens is 403 g/mol. The van der Waals surface area contributed by atoms with Crippen LogP contribution in [0.3, 0.4) is 0 Å². The molecule has 0 aliphatic carbocycles. The van der Waals surface area contributed by atoms with E-state index in [9.17, 15) is 9.59 Å². The Morgan fingerprint density at radius 3 is 2.19 bits per heavy atom. The van der Waals surface area contributed by atoms with Crippen LogP contribution in [-0.2, 0) is 9.53 Å². The molecule has 0 spiro atoms. The van der Waals surface area contributed by atoms with Gasteiger partial charge in [-0.05, 0) is 36.4 Å². The molecule has 2 aromatic carbocycles. The first-order chi connectivity index (χ1) is 12.3. The number of halogens is 3. The van der Waals surface area contributed by atoms with Crippen molar-refractivity contribution in [2.24, 2.45) is 0 Å². The zero-order chi connectivity index (χ0) is 19.2. The van der Waals surface area contributed by atoms with Gasteiger partial charge in [0.05, 0.1) is 0 Å². The van der Waals surface area contributed by atoms with Crippen molar-refractivity contribution in [1.82, 2.24) is 4.90 Å². The highest BCUT2D eigenvalue weighted by molar-refractivity contribution is 6.68. The molecule has 0 aromatic heterocycles. The van der Waals surface area contributed by atoms with Gasteiger partial charge >= 0.3 is 6.03 Å². The smallest absolute Gasteiger partial charge is 0.324 e. The summed E-state index contributed by atoms with van der Waals surface area (Å²) in [5.74, 6) is 1.30. The number of amides is 2. The Balaban J connectivity index is 2.01. The van der Waals surface area contributed by atoms with Gasteiger partial charge in [-0.15, -0.1) is 0 Å². The molecule has 9 heteroatoms. The number of hydrogen-bond donors (Lipinski definition) is 1. The third-order valence-electron chi connectivity index (χ3n) is 3.22. The van der Waals surface area contributed by atoms with E-state index in [-0.39, 0.29) is 6.47 Å². The van der Waals surface area contributed by atoms with E-state index in [1.54, 1.807) is 24.3 Å². The van der Waals surface area contributed by atoms with Gasteiger partial charge in [0.25, 0.3) is 6.47 Å². The van der Waals surface area contributed by atoms with Crippen molar-refractivity contribution in [3.8, 4) is 11.5 Å². The first-order valence-corrected chi connectivity index (χ1v) is 8.47. The summed E-state index contributed by atoms with van der Waals surface area (Å²) in [6.07, 6.45) is -1.38. The number of para-hydroxylation sites is 1. The van der Waals surface area contributed by atoms with Crippen molar-refractivity contribution < 1.29 is 19.1 Å². The average molecular weight is 418 g/mol. The molecule has 6 nitrogen and oxygen atoms in total. The van der Waals surface area contributed by atoms with Crippen LogP contribution in [-0.4, -0.2) is 34.5 Å². The number of benzene rings is 2. The minimum Gasteiger partial charge on any atom is -0.457 e. The van der Waals surface area contributed by atoms with Gasteiger partial charge < -0.3 is 14.8 Å². The number of alkyl halides is 3. The predicted molar refractivity (Wildman–Crippen MR) is 101 cm³/mol. The van der Waals surface area contributed by atoms with Crippen molar-refractivity contribution in [2.45, 2.75) is 10.0 Å². The highest BCUT2D eigenvalue weighted by atomic mass is 35.6. The third-order valence-corrected chi connectivity index (χ3v) is 3.78. The molecular formula is C17H15Cl3N2O4. The van der Waals surface area contributed by atoms with Crippen molar-refractivity contribution in [3.63, 3.8) is 0 Å². The number of nitrogens with one attached hydrogen (secondary N) is 1. The monoisotopic (exact) mass is 416 g/mol. The maximum Gasteiger partial charge on any atom is 0.324 e. The first-order valence-electron chi connectivity index (χ1n) is 7.34. The van der Waals surface area contributed by atoms with Crippen LogP contribution in [0.1, 0.15) is 0 Å². The van der Waals surface area contributed by atoms with Crippen LogP contribution in [0, 0.1) is 0 Å². The number of anilines is 1. The van der Waals surface area contributed by atoms with E-state index in [0.717, 1.165) is 4.90 Å². The summed E-state index contributed by atoms with van der Waals surface area (Å²) in [6.45, 7) is 0.103. The SMILES string of the molecule is CN(C(=O)Nc1ccc(Oc2ccccc2)cc1)C(OC=O)C(Cl)(Cl)Cl. The minimum atomic E-state index is -2.00. The fourth-order valence-electron chi connectivity index (χ4n) is 1.99. The summed E-state index contributed by atoms with van der Waals surface area (Å²) in [4.78, 5) is 23.8. The Labute approximate surface area is 165 Å². The lowest BCUT2D eigenvalue weighted by Crippen LogP contribution is -2.48. The lowest BCUT2D eigenvalue weighted by atomic mass is 10.3. The van der Waals surface area contributed by atoms with E-state index in [2.05, 4.69) is 10.1 Å². The van der Waals surface area contributed by atoms with E-state index in [1.807, 2.05) is 30.3 Å². The molecule has 2 rings (SSSR count). The molecule has 0 radical (unpaired) electrons. The van der Waals surface area contributed by atoms with Crippen molar-refractivity contribution in [2.75, 3.05) is 12.4 Å². The molecule has 0 saturated heterocycles. The Hall–Kier alpha value is -2.15. The summed E-state index contributed by atoms with van der Waals surface area (Å²) in [5.41, 5.74) is 0.483. The lowest BCUT2D eigenvalue weighted by molar-refractivity contribution is -0.139. The van der Waals surface area contributed by atoms with Gasteiger partial charge in [0, 0.05) is 12.7 Å². The van der Waals surface area contributed by atoms with Gasteiger partial charge in [0.15, 0.2) is 0 Å². The number of rotatable bonds is 6. The van der Waals surface area contributed by atoms with E-state index >= 15 is 0 Å². The van der Waals surface area contributed by atoms with Crippen LogP contribution in [0.25, 0.3) is 0 Å². The second-order valence-corrected chi connectivity index (χ2v) is 7.48. The van der Waals surface area contributed by atoms with Crippen molar-refractivity contribution >= 4 is 53.0 Å². The van der Waals surface area contributed by atoms with Crippen LogP contribution >= 0.6 is 34.8 Å². The molecule has 2 aromatic rings. The molecule has 0 aliphatic heterocycles. The first kappa shape index (κ1) is 20.2. The van der Waals surface area contributed by atoms with Gasteiger partial charge in [-0.25, -0.2) is 4.79 Å². The largest absolute Gasteiger partial charge is 0.457 e. The number of urea groups is 1. The van der Waals surface area contributed by atoms with Crippen molar-refractivity contribution in [1.29, 1.82) is 0 Å². The summed E-state index contributed by atoms with van der Waals surface area (Å²) < 4.78 is 8.35. The second-order valence-electron chi connectivity index (χ2n) is 5.11. The predicted octanol–water partition coefficient (Wildman–Crippen LogP) is 4.81. The van der Waals surface area contributed by atoms with Crippen LogP contribution in [0.2, 0.25) is 0 Å². The molecule has 0 bridgehead atoms. The van der Waals surface area contributed by atoms with Crippen LogP contribution in [0.15, 0.2) is 54.6 Å². The highest BCUT2D eigenvalue weighted by Crippen LogP contribution is 2.33. The molecule has 26 heavy (non-hydrogen) atoms. The Morgan fingerprint density at radius 1 is 1.08 bits per heavy atom. The zero-order valence-corrected chi connectivity index (χ0v) is 15.8. The standard InChI is InChI=1S/C17H15Cl3N2O4/c1-22(15(25-11-23)17(18,19)20)16(24)21-12-7-9-14(10-8-12)26-13-5-3-2-4-6-13/h2-11,15H,1H3,(H,21,24). The van der Waals surface area contributed by atoms with E-state index in [0.29, 0.717) is 17.2 Å². The molecule has 0 saturated carbocycles. The third kappa shape index (κ3) is 5.69. The molecule has 0 fully saturated rings. The summed E-state index contributed by atoms with van der Waals surface area (Å²) >= 11 is 17.2. The summed E-state index contributed by atoms with van der Waals surface area (Å²) in [5, 5.41) is 2.60. The normalized spacial score (nSPS) is 12.0. The molecule has 0 heterocycles. The quantitative estimate of drug-likeness (QED) is 0.416. The molecule has 0 aliphatic rings. The number of hydrogen-bond acceptors (Lipinski definition) is 4. The fraction of sp³-hybridized carbons (Fsp3) is 0.176. The number of carbonyl (C=O) groups is 2. The van der Waals surface area contributed by atoms with Gasteiger partial charge in [0.2, 0.25) is 10.0 Å². The van der Waals surface area contributed by atoms with Gasteiger partial charge in [0.1, 0.15) is 11.5 Å². The van der Waals surface area contributed by atoms with E-state index < -0.39 is 16.1 Å². The van der Waals surface area contributed by atoms with E-state index in [1.165, 1.54) is 7.05 Å². The molecule has 1 unspecified atom stereocenters.